The van der Waals surface area contributed by atoms with Crippen LogP contribution < -0.4 is 0 Å². The zero-order valence-electron chi connectivity index (χ0n) is 5.98. The summed E-state index contributed by atoms with van der Waals surface area (Å²) in [6, 6.07) is 3.17. The fraction of sp³-hybridized carbons (Fsp3) is 0.125. The van der Waals surface area contributed by atoms with E-state index >= 15 is 0 Å². The van der Waals surface area contributed by atoms with Crippen LogP contribution >= 0.6 is 34.8 Å². The van der Waals surface area contributed by atoms with Gasteiger partial charge in [0.2, 0.25) is 0 Å². The SMILES string of the molecule is O=CCc1cc(Cl)cc(Cl)c1Cl. The molecular formula is C8H5Cl3O. The summed E-state index contributed by atoms with van der Waals surface area (Å²) in [5.74, 6) is 0. The zero-order chi connectivity index (χ0) is 9.14. The quantitative estimate of drug-likeness (QED) is 0.555. The Morgan fingerprint density at radius 3 is 2.50 bits per heavy atom. The molecule has 12 heavy (non-hydrogen) atoms. The van der Waals surface area contributed by atoms with E-state index < -0.39 is 0 Å². The molecule has 0 amide bonds. The molecule has 0 saturated heterocycles. The molecule has 0 bridgehead atoms. The summed E-state index contributed by atoms with van der Waals surface area (Å²) in [5, 5.41) is 1.26. The van der Waals surface area contributed by atoms with E-state index in [4.69, 9.17) is 34.8 Å². The number of benzene rings is 1. The molecule has 1 aromatic carbocycles. The largest absolute Gasteiger partial charge is 0.303 e. The maximum atomic E-state index is 10.2. The van der Waals surface area contributed by atoms with Crippen molar-refractivity contribution in [3.8, 4) is 0 Å². The molecule has 0 aromatic heterocycles. The Morgan fingerprint density at radius 2 is 1.92 bits per heavy atom. The van der Waals surface area contributed by atoms with Crippen LogP contribution in [0.1, 0.15) is 5.56 Å². The zero-order valence-corrected chi connectivity index (χ0v) is 8.25. The van der Waals surface area contributed by atoms with Gasteiger partial charge in [-0.05, 0) is 17.7 Å². The Balaban J connectivity index is 3.17. The van der Waals surface area contributed by atoms with Crippen LogP contribution in [0, 0.1) is 0 Å². The van der Waals surface area contributed by atoms with Gasteiger partial charge in [-0.3, -0.25) is 0 Å². The van der Waals surface area contributed by atoms with E-state index in [1.54, 1.807) is 12.1 Å². The average molecular weight is 223 g/mol. The molecule has 0 heterocycles. The second-order valence-electron chi connectivity index (χ2n) is 2.23. The Hall–Kier alpha value is -0.240. The van der Waals surface area contributed by atoms with Crippen LogP contribution in [0.25, 0.3) is 0 Å². The molecule has 0 N–H and O–H groups in total. The van der Waals surface area contributed by atoms with Gasteiger partial charge in [-0.15, -0.1) is 0 Å². The molecule has 0 fully saturated rings. The summed E-state index contributed by atoms with van der Waals surface area (Å²) in [7, 11) is 0. The first kappa shape index (κ1) is 9.85. The first-order valence-corrected chi connectivity index (χ1v) is 4.35. The summed E-state index contributed by atoms with van der Waals surface area (Å²) >= 11 is 17.2. The molecule has 1 nitrogen and oxygen atoms in total. The Bertz CT molecular complexity index is 309. The molecule has 0 saturated carbocycles. The van der Waals surface area contributed by atoms with E-state index in [1.807, 2.05) is 0 Å². The summed E-state index contributed by atoms with van der Waals surface area (Å²) in [6.07, 6.45) is 0.993. The lowest BCUT2D eigenvalue weighted by atomic mass is 10.2. The predicted octanol–water partition coefficient (Wildman–Crippen LogP) is 3.39. The van der Waals surface area contributed by atoms with Crippen LogP contribution in [0.4, 0.5) is 0 Å². The van der Waals surface area contributed by atoms with Crippen LogP contribution in [0.5, 0.6) is 0 Å². The molecule has 0 aliphatic carbocycles. The molecule has 0 atom stereocenters. The van der Waals surface area contributed by atoms with Gasteiger partial charge in [0.25, 0.3) is 0 Å². The molecule has 0 spiro atoms. The third-order valence-corrected chi connectivity index (χ3v) is 2.43. The smallest absolute Gasteiger partial charge is 0.124 e. The fourth-order valence-electron chi connectivity index (χ4n) is 0.848. The Kier molecular flexibility index (Phi) is 3.39. The summed E-state index contributed by atoms with van der Waals surface area (Å²) in [6.45, 7) is 0. The number of halogens is 3. The number of hydrogen-bond donors (Lipinski definition) is 0. The maximum Gasteiger partial charge on any atom is 0.124 e. The number of aldehydes is 1. The second-order valence-corrected chi connectivity index (χ2v) is 3.45. The topological polar surface area (TPSA) is 17.1 Å². The number of carbonyl (C=O) groups excluding carboxylic acids is 1. The fourth-order valence-corrected chi connectivity index (χ4v) is 1.57. The lowest BCUT2D eigenvalue weighted by Gasteiger charge is -2.02. The number of carbonyl (C=O) groups is 1. The van der Waals surface area contributed by atoms with Crippen LogP contribution in [0.2, 0.25) is 15.1 Å². The van der Waals surface area contributed by atoms with Gasteiger partial charge in [0.1, 0.15) is 6.29 Å². The van der Waals surface area contributed by atoms with Gasteiger partial charge >= 0.3 is 0 Å². The normalized spacial score (nSPS) is 9.92. The van der Waals surface area contributed by atoms with Gasteiger partial charge in [0.05, 0.1) is 10.0 Å². The van der Waals surface area contributed by atoms with Crippen LogP contribution in [-0.4, -0.2) is 6.29 Å². The molecule has 0 aliphatic rings. The van der Waals surface area contributed by atoms with Gasteiger partial charge in [-0.2, -0.15) is 0 Å². The van der Waals surface area contributed by atoms with E-state index in [0.717, 1.165) is 6.29 Å². The van der Waals surface area contributed by atoms with Gasteiger partial charge in [0.15, 0.2) is 0 Å². The minimum Gasteiger partial charge on any atom is -0.303 e. The van der Waals surface area contributed by atoms with E-state index in [1.165, 1.54) is 0 Å². The first-order chi connectivity index (χ1) is 5.65. The number of rotatable bonds is 2. The van der Waals surface area contributed by atoms with Crippen molar-refractivity contribution in [3.63, 3.8) is 0 Å². The minimum absolute atomic E-state index is 0.235. The molecule has 0 aliphatic heterocycles. The van der Waals surface area contributed by atoms with Crippen LogP contribution in [0.3, 0.4) is 0 Å². The highest BCUT2D eigenvalue weighted by Crippen LogP contribution is 2.29. The monoisotopic (exact) mass is 222 g/mol. The second kappa shape index (κ2) is 4.13. The van der Waals surface area contributed by atoms with Crippen molar-refractivity contribution in [3.05, 3.63) is 32.8 Å². The van der Waals surface area contributed by atoms with Crippen LogP contribution in [-0.2, 0) is 11.2 Å². The average Bonchev–Trinajstić information content (AvgIpc) is 2.00. The Labute approximate surface area is 85.2 Å². The predicted molar refractivity (Wildman–Crippen MR) is 51.2 cm³/mol. The Morgan fingerprint density at radius 1 is 1.25 bits per heavy atom. The lowest BCUT2D eigenvalue weighted by Crippen LogP contribution is -1.87. The lowest BCUT2D eigenvalue weighted by molar-refractivity contribution is -0.107. The van der Waals surface area contributed by atoms with E-state index in [2.05, 4.69) is 0 Å². The highest BCUT2D eigenvalue weighted by atomic mass is 35.5. The van der Waals surface area contributed by atoms with E-state index in [9.17, 15) is 4.79 Å². The third kappa shape index (κ3) is 2.13. The van der Waals surface area contributed by atoms with Gasteiger partial charge in [-0.25, -0.2) is 0 Å². The summed E-state index contributed by atoms with van der Waals surface area (Å²) < 4.78 is 0. The van der Waals surface area contributed by atoms with Crippen molar-refractivity contribution < 1.29 is 4.79 Å². The van der Waals surface area contributed by atoms with Crippen molar-refractivity contribution >= 4 is 41.1 Å². The molecule has 64 valence electrons. The van der Waals surface area contributed by atoms with Crippen molar-refractivity contribution in [1.29, 1.82) is 0 Å². The van der Waals surface area contributed by atoms with Gasteiger partial charge in [0, 0.05) is 11.4 Å². The molecule has 1 aromatic rings. The summed E-state index contributed by atoms with van der Waals surface area (Å²) in [4.78, 5) is 10.2. The number of hydrogen-bond acceptors (Lipinski definition) is 1. The van der Waals surface area contributed by atoms with Gasteiger partial charge < -0.3 is 4.79 Å². The van der Waals surface area contributed by atoms with Crippen LogP contribution in [0.15, 0.2) is 12.1 Å². The molecule has 0 unspecified atom stereocenters. The van der Waals surface area contributed by atoms with Crippen molar-refractivity contribution in [2.24, 2.45) is 0 Å². The summed E-state index contributed by atoms with van der Waals surface area (Å²) in [5.41, 5.74) is 0.657. The first-order valence-electron chi connectivity index (χ1n) is 3.22. The molecule has 4 heteroatoms. The van der Waals surface area contributed by atoms with Gasteiger partial charge in [-0.1, -0.05) is 34.8 Å². The highest BCUT2D eigenvalue weighted by molar-refractivity contribution is 6.43. The van der Waals surface area contributed by atoms with Crippen molar-refractivity contribution in [1.82, 2.24) is 0 Å². The maximum absolute atomic E-state index is 10.2. The van der Waals surface area contributed by atoms with Crippen molar-refractivity contribution in [2.45, 2.75) is 6.42 Å². The molecule has 0 radical (unpaired) electrons. The third-order valence-electron chi connectivity index (χ3n) is 1.37. The molecular weight excluding hydrogens is 218 g/mol. The van der Waals surface area contributed by atoms with E-state index in [0.29, 0.717) is 20.6 Å². The molecule has 1 rings (SSSR count). The van der Waals surface area contributed by atoms with Crippen molar-refractivity contribution in [2.75, 3.05) is 0 Å². The minimum atomic E-state index is 0.235. The highest BCUT2D eigenvalue weighted by Gasteiger charge is 2.05. The van der Waals surface area contributed by atoms with E-state index in [-0.39, 0.29) is 6.42 Å². The standard InChI is InChI=1S/C8H5Cl3O/c9-6-3-5(1-2-12)8(11)7(10)4-6/h2-4H,1H2.